The second-order valence-corrected chi connectivity index (χ2v) is 13.7. The SMILES string of the molecule is C=CC(=O)OCCCCCCOC.C=CC(=O)OCCCCOC.CCCCCC(=O)OC.CCCCCCOC.CCCCOC(=O)OC.Cc1nc(-c2ccc(F)c(C)c2)no1. The third kappa shape index (κ3) is 50.0. The number of methoxy groups -OCH3 is 5. The summed E-state index contributed by atoms with van der Waals surface area (Å²) >= 11 is 0. The highest BCUT2D eigenvalue weighted by Gasteiger charge is 2.07. The molecule has 0 aliphatic carbocycles. The van der Waals surface area contributed by atoms with Crippen LogP contribution in [0.15, 0.2) is 48.0 Å². The minimum Gasteiger partial charge on any atom is -0.469 e. The molecular formula is C48H83FN2O13. The number of ether oxygens (including phenoxy) is 8. The summed E-state index contributed by atoms with van der Waals surface area (Å²) in [6.07, 6.45) is 18.6. The van der Waals surface area contributed by atoms with Gasteiger partial charge in [-0.1, -0.05) is 84.0 Å². The van der Waals surface area contributed by atoms with Crippen molar-refractivity contribution < 1.29 is 66.0 Å². The minimum atomic E-state index is -0.594. The molecule has 64 heavy (non-hydrogen) atoms. The van der Waals surface area contributed by atoms with Gasteiger partial charge in [0.1, 0.15) is 5.82 Å². The lowest BCUT2D eigenvalue weighted by molar-refractivity contribution is -0.141. The highest BCUT2D eigenvalue weighted by Crippen LogP contribution is 2.18. The van der Waals surface area contributed by atoms with Crippen LogP contribution in [-0.2, 0) is 52.3 Å². The Labute approximate surface area is 384 Å². The molecular weight excluding hydrogens is 832 g/mol. The van der Waals surface area contributed by atoms with Gasteiger partial charge in [-0.05, 0) is 82.1 Å². The maximum Gasteiger partial charge on any atom is 0.507 e. The van der Waals surface area contributed by atoms with Crippen LogP contribution in [-0.4, -0.2) is 109 Å². The second kappa shape index (κ2) is 52.7. The Hall–Kier alpha value is -4.67. The number of halogens is 1. The Morgan fingerprint density at radius 1 is 0.609 bits per heavy atom. The van der Waals surface area contributed by atoms with E-state index in [4.69, 9.17) is 28.2 Å². The number of unbranched alkanes of at least 4 members (excludes halogenated alkanes) is 10. The molecule has 0 aliphatic rings. The normalized spacial score (nSPS) is 9.55. The molecule has 0 bridgehead atoms. The first-order valence-corrected chi connectivity index (χ1v) is 22.2. The fourth-order valence-corrected chi connectivity index (χ4v) is 4.37. The van der Waals surface area contributed by atoms with Gasteiger partial charge in [0.05, 0.1) is 34.0 Å². The predicted molar refractivity (Wildman–Crippen MR) is 248 cm³/mol. The number of carbonyl (C=O) groups excluding carboxylic acids is 4. The summed E-state index contributed by atoms with van der Waals surface area (Å²) in [5, 5.41) is 3.75. The molecule has 2 aromatic rings. The molecule has 0 saturated carbocycles. The highest BCUT2D eigenvalue weighted by atomic mass is 19.1. The van der Waals surface area contributed by atoms with E-state index < -0.39 is 6.16 Å². The Kier molecular flexibility index (Phi) is 54.3. The number of nitrogens with zero attached hydrogens (tertiary/aromatic N) is 2. The smallest absolute Gasteiger partial charge is 0.469 e. The average Bonchev–Trinajstić information content (AvgIpc) is 3.75. The molecule has 0 fully saturated rings. The molecule has 2 rings (SSSR count). The summed E-state index contributed by atoms with van der Waals surface area (Å²) in [6.45, 7) is 20.2. The van der Waals surface area contributed by atoms with Crippen LogP contribution in [0.4, 0.5) is 9.18 Å². The van der Waals surface area contributed by atoms with Crippen molar-refractivity contribution in [3.05, 3.63) is 60.8 Å². The monoisotopic (exact) mass is 915 g/mol. The third-order valence-electron chi connectivity index (χ3n) is 8.05. The zero-order valence-electron chi connectivity index (χ0n) is 40.9. The van der Waals surface area contributed by atoms with Crippen LogP contribution in [0.3, 0.4) is 0 Å². The van der Waals surface area contributed by atoms with Gasteiger partial charge in [-0.25, -0.2) is 18.8 Å². The summed E-state index contributed by atoms with van der Waals surface area (Å²) in [7, 11) is 7.83. The van der Waals surface area contributed by atoms with Gasteiger partial charge in [0, 0.05) is 72.2 Å². The van der Waals surface area contributed by atoms with Gasteiger partial charge >= 0.3 is 24.1 Å². The Morgan fingerprint density at radius 2 is 1.06 bits per heavy atom. The maximum absolute atomic E-state index is 13.0. The van der Waals surface area contributed by atoms with Gasteiger partial charge in [0.2, 0.25) is 11.7 Å². The van der Waals surface area contributed by atoms with E-state index in [0.717, 1.165) is 95.5 Å². The topological polar surface area (TPSA) is 181 Å². The lowest BCUT2D eigenvalue weighted by Gasteiger charge is -2.01. The standard InChI is InChI=1S/C10H9FN2O.C10H18O3.C8H14O3.C7H14O2.C7H16O.C6H12O3/c1-6-5-8(3-4-9(6)11)10-12-7(2)14-13-10;1-3-10(11)13-9-7-5-4-6-8-12-2;1-3-8(9)11-7-5-4-6-10-2;1-3-4-5-6-7(8)9-2;1-3-4-5-6-7-8-2;1-3-4-5-9-6(7)8-2/h3-5H,1-2H3;3H,1,4-9H2,2H3;3H,1,4-7H2,2H3;3-6H2,1-2H3;3-7H2,1-2H3;3-5H2,1-2H3. The lowest BCUT2D eigenvalue weighted by Crippen LogP contribution is -2.04. The van der Waals surface area contributed by atoms with Gasteiger partial charge in [0.25, 0.3) is 0 Å². The van der Waals surface area contributed by atoms with Gasteiger partial charge in [-0.2, -0.15) is 4.98 Å². The Bertz CT molecular complexity index is 1380. The Balaban J connectivity index is -0.000000342. The Morgan fingerprint density at radius 3 is 1.48 bits per heavy atom. The molecule has 0 unspecified atom stereocenters. The molecule has 370 valence electrons. The number of benzene rings is 1. The number of hydrogen-bond donors (Lipinski definition) is 0. The van der Waals surface area contributed by atoms with Crippen LogP contribution >= 0.6 is 0 Å². The van der Waals surface area contributed by atoms with Crippen molar-refractivity contribution in [2.75, 3.05) is 75.2 Å². The first kappa shape index (κ1) is 65.9. The third-order valence-corrected chi connectivity index (χ3v) is 8.05. The predicted octanol–water partition coefficient (Wildman–Crippen LogP) is 11.1. The van der Waals surface area contributed by atoms with Crippen LogP contribution < -0.4 is 0 Å². The molecule has 1 aromatic carbocycles. The first-order valence-electron chi connectivity index (χ1n) is 22.2. The van der Waals surface area contributed by atoms with Gasteiger partial charge in [-0.3, -0.25) is 4.79 Å². The molecule has 0 N–H and O–H groups in total. The van der Waals surface area contributed by atoms with Crippen LogP contribution in [0.5, 0.6) is 0 Å². The fourth-order valence-electron chi connectivity index (χ4n) is 4.37. The van der Waals surface area contributed by atoms with Gasteiger partial charge in [0.15, 0.2) is 0 Å². The lowest BCUT2D eigenvalue weighted by atomic mass is 10.1. The van der Waals surface area contributed by atoms with E-state index in [0.29, 0.717) is 50.1 Å². The van der Waals surface area contributed by atoms with E-state index in [1.165, 1.54) is 52.0 Å². The summed E-state index contributed by atoms with van der Waals surface area (Å²) in [4.78, 5) is 45.8. The summed E-state index contributed by atoms with van der Waals surface area (Å²) in [5.41, 5.74) is 1.34. The highest BCUT2D eigenvalue weighted by molar-refractivity contribution is 5.81. The van der Waals surface area contributed by atoms with Crippen molar-refractivity contribution in [2.24, 2.45) is 0 Å². The average molecular weight is 915 g/mol. The summed E-state index contributed by atoms with van der Waals surface area (Å²) in [5.74, 6) is -0.0238. The van der Waals surface area contributed by atoms with Crippen molar-refractivity contribution in [1.82, 2.24) is 10.1 Å². The van der Waals surface area contributed by atoms with Crippen molar-refractivity contribution >= 4 is 24.1 Å². The molecule has 16 heteroatoms. The van der Waals surface area contributed by atoms with E-state index >= 15 is 0 Å². The van der Waals surface area contributed by atoms with Crippen LogP contribution in [0.25, 0.3) is 11.4 Å². The molecule has 15 nitrogen and oxygen atoms in total. The first-order chi connectivity index (χ1) is 30.8. The van der Waals surface area contributed by atoms with Crippen LogP contribution in [0.1, 0.15) is 135 Å². The van der Waals surface area contributed by atoms with E-state index in [9.17, 15) is 23.6 Å². The van der Waals surface area contributed by atoms with Crippen molar-refractivity contribution in [3.8, 4) is 11.4 Å². The van der Waals surface area contributed by atoms with E-state index in [1.54, 1.807) is 47.3 Å². The zero-order chi connectivity index (χ0) is 49.1. The number of carbonyl (C=O) groups is 4. The number of esters is 3. The number of rotatable bonds is 27. The van der Waals surface area contributed by atoms with Crippen molar-refractivity contribution in [3.63, 3.8) is 0 Å². The molecule has 0 amide bonds. The molecule has 0 aliphatic heterocycles. The van der Waals surface area contributed by atoms with Crippen LogP contribution in [0.2, 0.25) is 0 Å². The molecule has 1 aromatic heterocycles. The van der Waals surface area contributed by atoms with E-state index in [1.807, 2.05) is 6.92 Å². The quantitative estimate of drug-likeness (QED) is 0.0357. The number of aromatic nitrogens is 2. The van der Waals surface area contributed by atoms with E-state index in [-0.39, 0.29) is 23.7 Å². The molecule has 0 atom stereocenters. The molecule has 0 spiro atoms. The van der Waals surface area contributed by atoms with Crippen LogP contribution in [0, 0.1) is 19.7 Å². The van der Waals surface area contributed by atoms with Crippen molar-refractivity contribution in [1.29, 1.82) is 0 Å². The summed E-state index contributed by atoms with van der Waals surface area (Å²) in [6, 6.07) is 4.72. The van der Waals surface area contributed by atoms with Gasteiger partial charge < -0.3 is 42.4 Å². The summed E-state index contributed by atoms with van der Waals surface area (Å²) < 4.78 is 55.2. The zero-order valence-corrected chi connectivity index (χ0v) is 40.9. The van der Waals surface area contributed by atoms with Crippen molar-refractivity contribution in [2.45, 2.75) is 137 Å². The maximum atomic E-state index is 13.0. The minimum absolute atomic E-state index is 0.0940. The molecule has 1 heterocycles. The number of aryl methyl sites for hydroxylation is 2. The molecule has 0 saturated heterocycles. The number of hydrogen-bond acceptors (Lipinski definition) is 15. The molecule has 0 radical (unpaired) electrons. The fraction of sp³-hybridized carbons (Fsp3) is 0.667. The van der Waals surface area contributed by atoms with Gasteiger partial charge in [-0.15, -0.1) is 0 Å². The van der Waals surface area contributed by atoms with E-state index in [2.05, 4.69) is 51.4 Å². The second-order valence-electron chi connectivity index (χ2n) is 13.7. The largest absolute Gasteiger partial charge is 0.507 e.